The number of nitrogens with zero attached hydrogens (tertiary/aromatic N) is 2. The number of rotatable bonds is 6. The Kier molecular flexibility index (Phi) is 5.31. The normalized spacial score (nSPS) is 12.8. The number of ether oxygens (including phenoxy) is 1. The number of fused-ring (bicyclic) bond motifs is 1. The molecular formula is C21H18N2O4S2. The van der Waals surface area contributed by atoms with Crippen molar-refractivity contribution in [2.75, 3.05) is 7.11 Å². The van der Waals surface area contributed by atoms with Crippen LogP contribution in [0, 0.1) is 0 Å². The Bertz CT molecular complexity index is 1250. The van der Waals surface area contributed by atoms with Gasteiger partial charge in [0.05, 0.1) is 23.0 Å². The molecule has 0 N–H and O–H groups in total. The monoisotopic (exact) mass is 426 g/mol. The fourth-order valence-electron chi connectivity index (χ4n) is 3.03. The molecule has 1 heterocycles. The van der Waals surface area contributed by atoms with E-state index in [0.717, 1.165) is 9.54 Å². The number of methoxy groups -OCH3 is 1. The first kappa shape index (κ1) is 19.5. The zero-order valence-electron chi connectivity index (χ0n) is 15.6. The van der Waals surface area contributed by atoms with Gasteiger partial charge in [-0.05, 0) is 36.4 Å². The molecule has 0 aliphatic carbocycles. The third kappa shape index (κ3) is 3.74. The lowest BCUT2D eigenvalue weighted by atomic mass is 10.2. The van der Waals surface area contributed by atoms with E-state index in [-0.39, 0.29) is 15.8 Å². The Balaban J connectivity index is 1.83. The van der Waals surface area contributed by atoms with Gasteiger partial charge < -0.3 is 9.29 Å². The third-order valence-electron chi connectivity index (χ3n) is 4.41. The summed E-state index contributed by atoms with van der Waals surface area (Å²) in [7, 11) is -2.41. The summed E-state index contributed by atoms with van der Waals surface area (Å²) < 4.78 is 46.2. The molecule has 6 nitrogen and oxygen atoms in total. The lowest BCUT2D eigenvalue weighted by molar-refractivity contribution is 0.414. The number of hydrogen-bond acceptors (Lipinski definition) is 5. The third-order valence-corrected chi connectivity index (χ3v) is 7.52. The summed E-state index contributed by atoms with van der Waals surface area (Å²) in [5.74, 6) is 0.759. The smallest absolute Gasteiger partial charge is 0.338 e. The van der Waals surface area contributed by atoms with Crippen LogP contribution in [0.15, 0.2) is 88.9 Å². The molecule has 0 amide bonds. The summed E-state index contributed by atoms with van der Waals surface area (Å²) in [6.07, 6.45) is 0. The molecule has 0 radical (unpaired) electrons. The molecule has 0 aliphatic heterocycles. The maximum atomic E-state index is 13.4. The van der Waals surface area contributed by atoms with E-state index in [0.29, 0.717) is 16.8 Å². The Morgan fingerprint density at radius 1 is 1.00 bits per heavy atom. The Hall–Kier alpha value is -2.81. The Labute approximate surface area is 172 Å². The predicted molar refractivity (Wildman–Crippen MR) is 112 cm³/mol. The van der Waals surface area contributed by atoms with Crippen LogP contribution in [0.5, 0.6) is 5.75 Å². The van der Waals surface area contributed by atoms with E-state index in [1.165, 1.54) is 12.1 Å². The average molecular weight is 427 g/mol. The van der Waals surface area contributed by atoms with Gasteiger partial charge in [0.15, 0.2) is 0 Å². The molecule has 148 valence electrons. The van der Waals surface area contributed by atoms with Crippen LogP contribution in [0.4, 0.5) is 0 Å². The van der Waals surface area contributed by atoms with Gasteiger partial charge in [-0.3, -0.25) is 0 Å². The van der Waals surface area contributed by atoms with Gasteiger partial charge in [-0.15, -0.1) is 0 Å². The average Bonchev–Trinajstić information content (AvgIpc) is 3.15. The molecule has 1 aromatic heterocycles. The molecule has 0 spiro atoms. The summed E-state index contributed by atoms with van der Waals surface area (Å²) in [6.45, 7) is 0. The highest BCUT2D eigenvalue weighted by Gasteiger charge is 2.31. The fourth-order valence-corrected chi connectivity index (χ4v) is 6.04. The van der Waals surface area contributed by atoms with Crippen molar-refractivity contribution in [2.45, 2.75) is 15.8 Å². The molecule has 0 saturated heterocycles. The van der Waals surface area contributed by atoms with Crippen LogP contribution in [0.2, 0.25) is 0 Å². The van der Waals surface area contributed by atoms with E-state index in [1.807, 2.05) is 6.07 Å². The minimum absolute atomic E-state index is 0.00197. The molecule has 0 fully saturated rings. The first-order valence-corrected chi connectivity index (χ1v) is 11.6. The van der Waals surface area contributed by atoms with Gasteiger partial charge in [-0.2, -0.15) is 8.96 Å². The highest BCUT2D eigenvalue weighted by molar-refractivity contribution is 7.93. The van der Waals surface area contributed by atoms with Crippen molar-refractivity contribution >= 4 is 32.2 Å². The van der Waals surface area contributed by atoms with Crippen molar-refractivity contribution in [3.8, 4) is 5.75 Å². The molecule has 0 aliphatic rings. The molecule has 1 unspecified atom stereocenters. The van der Waals surface area contributed by atoms with E-state index < -0.39 is 21.2 Å². The minimum Gasteiger partial charge on any atom is -0.609 e. The molecule has 0 bridgehead atoms. The standard InChI is InChI=1S/C21H18N2O4S2/c1-27-17-9-7-8-16(14-17)15-28(24)21-22-19-12-5-6-13-20(19)23(21)29(25,26)18-10-3-2-4-11-18/h2-14H,15H2,1H3. The second kappa shape index (κ2) is 7.90. The second-order valence-electron chi connectivity index (χ2n) is 6.31. The minimum atomic E-state index is -3.97. The van der Waals surface area contributed by atoms with Gasteiger partial charge in [0.25, 0.3) is 10.0 Å². The van der Waals surface area contributed by atoms with Gasteiger partial charge >= 0.3 is 5.16 Å². The van der Waals surface area contributed by atoms with Crippen molar-refractivity contribution in [2.24, 2.45) is 0 Å². The SMILES string of the molecule is COc1cccc(C[S+]([O-])c2nc3ccccc3n2S(=O)(=O)c2ccccc2)c1. The topological polar surface area (TPSA) is 84.2 Å². The van der Waals surface area contributed by atoms with E-state index in [2.05, 4.69) is 4.98 Å². The molecule has 1 atom stereocenters. The number of para-hydroxylation sites is 2. The summed E-state index contributed by atoms with van der Waals surface area (Å²) in [6, 6.07) is 22.1. The first-order valence-electron chi connectivity index (χ1n) is 8.80. The van der Waals surface area contributed by atoms with Crippen LogP contribution in [-0.2, 0) is 27.0 Å². The molecule has 0 saturated carbocycles. The lowest BCUT2D eigenvalue weighted by Crippen LogP contribution is -2.20. The first-order chi connectivity index (χ1) is 14.0. The number of imidazole rings is 1. The second-order valence-corrected chi connectivity index (χ2v) is 9.44. The van der Waals surface area contributed by atoms with Crippen LogP contribution in [-0.4, -0.2) is 29.0 Å². The Morgan fingerprint density at radius 3 is 2.48 bits per heavy atom. The van der Waals surface area contributed by atoms with Crippen LogP contribution in [0.1, 0.15) is 5.56 Å². The Morgan fingerprint density at radius 2 is 1.72 bits per heavy atom. The van der Waals surface area contributed by atoms with Gasteiger partial charge in [0, 0.05) is 16.7 Å². The van der Waals surface area contributed by atoms with E-state index in [9.17, 15) is 13.0 Å². The van der Waals surface area contributed by atoms with E-state index >= 15 is 0 Å². The predicted octanol–water partition coefficient (Wildman–Crippen LogP) is 3.59. The molecular weight excluding hydrogens is 408 g/mol. The number of hydrogen-bond donors (Lipinski definition) is 0. The summed E-state index contributed by atoms with van der Waals surface area (Å²) in [5, 5.41) is -0.00197. The zero-order chi connectivity index (χ0) is 20.4. The van der Waals surface area contributed by atoms with Gasteiger partial charge in [-0.1, -0.05) is 42.5 Å². The van der Waals surface area contributed by atoms with Crippen LogP contribution >= 0.6 is 0 Å². The van der Waals surface area contributed by atoms with Crippen molar-refractivity contribution in [3.05, 3.63) is 84.4 Å². The summed E-state index contributed by atoms with van der Waals surface area (Å²) in [5.41, 5.74) is 1.63. The highest BCUT2D eigenvalue weighted by Crippen LogP contribution is 2.28. The molecule has 4 aromatic rings. The van der Waals surface area contributed by atoms with Crippen molar-refractivity contribution in [1.29, 1.82) is 0 Å². The van der Waals surface area contributed by atoms with Crippen molar-refractivity contribution in [3.63, 3.8) is 0 Å². The highest BCUT2D eigenvalue weighted by atomic mass is 32.2. The molecule has 3 aromatic carbocycles. The lowest BCUT2D eigenvalue weighted by Gasteiger charge is -2.13. The van der Waals surface area contributed by atoms with Gasteiger partial charge in [-0.25, -0.2) is 8.42 Å². The van der Waals surface area contributed by atoms with Crippen molar-refractivity contribution in [1.82, 2.24) is 8.96 Å². The molecule has 29 heavy (non-hydrogen) atoms. The van der Waals surface area contributed by atoms with Gasteiger partial charge in [0.2, 0.25) is 0 Å². The van der Waals surface area contributed by atoms with Crippen LogP contribution in [0.3, 0.4) is 0 Å². The maximum absolute atomic E-state index is 13.4. The van der Waals surface area contributed by atoms with E-state index in [4.69, 9.17) is 4.74 Å². The quantitative estimate of drug-likeness (QED) is 0.440. The number of aromatic nitrogens is 2. The summed E-state index contributed by atoms with van der Waals surface area (Å²) >= 11 is -1.69. The van der Waals surface area contributed by atoms with Crippen LogP contribution < -0.4 is 4.74 Å². The molecule has 4 rings (SSSR count). The maximum Gasteiger partial charge on any atom is 0.338 e. The van der Waals surface area contributed by atoms with E-state index in [1.54, 1.807) is 67.8 Å². The van der Waals surface area contributed by atoms with Crippen LogP contribution in [0.25, 0.3) is 11.0 Å². The zero-order valence-corrected chi connectivity index (χ0v) is 17.2. The number of benzene rings is 3. The fraction of sp³-hybridized carbons (Fsp3) is 0.0952. The largest absolute Gasteiger partial charge is 0.609 e. The van der Waals surface area contributed by atoms with Crippen molar-refractivity contribution < 1.29 is 17.7 Å². The van der Waals surface area contributed by atoms with Gasteiger partial charge in [0.1, 0.15) is 11.5 Å². The summed E-state index contributed by atoms with van der Waals surface area (Å²) in [4.78, 5) is 4.51. The molecule has 8 heteroatoms.